The molecule has 0 spiro atoms. The number of carboxylic acids is 1. The van der Waals surface area contributed by atoms with Crippen LogP contribution in [0.3, 0.4) is 0 Å². The smallest absolute Gasteiger partial charge is 0.336 e. The largest absolute Gasteiger partial charge is 0.506 e. The number of pyridine rings is 1. The first-order valence-corrected chi connectivity index (χ1v) is 6.72. The first-order valence-electron chi connectivity index (χ1n) is 6.72. The zero-order chi connectivity index (χ0) is 16.6. The Hall–Kier alpha value is -3.41. The van der Waals surface area contributed by atoms with Gasteiger partial charge in [-0.25, -0.2) is 4.79 Å². The Bertz CT molecular complexity index is 950. The fraction of sp³-hybridized carbons (Fsp3) is 0. The van der Waals surface area contributed by atoms with E-state index in [2.05, 4.69) is 4.98 Å². The van der Waals surface area contributed by atoms with Crippen molar-refractivity contribution in [3.8, 4) is 16.9 Å². The van der Waals surface area contributed by atoms with Gasteiger partial charge in [0.2, 0.25) is 5.91 Å². The van der Waals surface area contributed by atoms with E-state index in [0.29, 0.717) is 22.1 Å². The van der Waals surface area contributed by atoms with Crippen LogP contribution in [0.25, 0.3) is 22.0 Å². The van der Waals surface area contributed by atoms with E-state index in [1.165, 1.54) is 18.3 Å². The number of aromatic hydroxyl groups is 1. The molecule has 114 valence electrons. The summed E-state index contributed by atoms with van der Waals surface area (Å²) < 4.78 is 0. The van der Waals surface area contributed by atoms with Crippen LogP contribution in [0.2, 0.25) is 0 Å². The lowest BCUT2D eigenvalue weighted by molar-refractivity contribution is 0.0698. The lowest BCUT2D eigenvalue weighted by atomic mass is 10.0. The Balaban J connectivity index is 2.24. The van der Waals surface area contributed by atoms with E-state index in [4.69, 9.17) is 5.73 Å². The summed E-state index contributed by atoms with van der Waals surface area (Å²) in [5.74, 6) is -1.76. The van der Waals surface area contributed by atoms with Crippen molar-refractivity contribution in [2.75, 3.05) is 0 Å². The van der Waals surface area contributed by atoms with E-state index in [0.717, 1.165) is 0 Å². The average molecular weight is 308 g/mol. The van der Waals surface area contributed by atoms with Gasteiger partial charge in [-0.15, -0.1) is 0 Å². The van der Waals surface area contributed by atoms with Gasteiger partial charge >= 0.3 is 5.97 Å². The van der Waals surface area contributed by atoms with E-state index in [-0.39, 0.29) is 16.8 Å². The Kier molecular flexibility index (Phi) is 3.42. The van der Waals surface area contributed by atoms with Crippen LogP contribution in [0.4, 0.5) is 0 Å². The highest BCUT2D eigenvalue weighted by atomic mass is 16.4. The summed E-state index contributed by atoms with van der Waals surface area (Å²) in [5, 5.41) is 19.4. The minimum atomic E-state index is -1.11. The molecule has 1 amide bonds. The molecule has 0 radical (unpaired) electrons. The molecule has 4 N–H and O–H groups in total. The summed E-state index contributed by atoms with van der Waals surface area (Å²) in [5.41, 5.74) is 7.16. The molecule has 0 aliphatic rings. The molecule has 0 saturated heterocycles. The molecule has 23 heavy (non-hydrogen) atoms. The summed E-state index contributed by atoms with van der Waals surface area (Å²) in [4.78, 5) is 26.8. The van der Waals surface area contributed by atoms with Crippen molar-refractivity contribution < 1.29 is 19.8 Å². The molecular formula is C17H12N2O4. The molecule has 0 fully saturated rings. The van der Waals surface area contributed by atoms with E-state index in [1.807, 2.05) is 0 Å². The minimum absolute atomic E-state index is 0.0400. The lowest BCUT2D eigenvalue weighted by Crippen LogP contribution is -2.10. The van der Waals surface area contributed by atoms with Crippen LogP contribution in [0.15, 0.2) is 48.7 Å². The zero-order valence-electron chi connectivity index (χ0n) is 11.9. The number of hydrogen-bond donors (Lipinski definition) is 3. The molecule has 0 bridgehead atoms. The maximum atomic E-state index is 11.3. The quantitative estimate of drug-likeness (QED) is 0.687. The number of rotatable bonds is 3. The Morgan fingerprint density at radius 1 is 1.04 bits per heavy atom. The molecule has 1 aromatic heterocycles. The van der Waals surface area contributed by atoms with Gasteiger partial charge in [0.15, 0.2) is 0 Å². The predicted molar refractivity (Wildman–Crippen MR) is 84.3 cm³/mol. The van der Waals surface area contributed by atoms with E-state index < -0.39 is 11.9 Å². The first kappa shape index (κ1) is 14.5. The van der Waals surface area contributed by atoms with Crippen molar-refractivity contribution in [2.24, 2.45) is 5.73 Å². The van der Waals surface area contributed by atoms with Crippen LogP contribution in [0, 0.1) is 0 Å². The number of fused-ring (bicyclic) bond motifs is 1. The van der Waals surface area contributed by atoms with Crippen LogP contribution >= 0.6 is 0 Å². The van der Waals surface area contributed by atoms with Crippen molar-refractivity contribution >= 4 is 22.8 Å². The number of carboxylic acid groups (broad SMARTS) is 1. The molecule has 0 saturated carbocycles. The first-order chi connectivity index (χ1) is 11.0. The minimum Gasteiger partial charge on any atom is -0.506 e. The van der Waals surface area contributed by atoms with Gasteiger partial charge in [-0.2, -0.15) is 0 Å². The van der Waals surface area contributed by atoms with Crippen molar-refractivity contribution in [2.45, 2.75) is 0 Å². The van der Waals surface area contributed by atoms with E-state index in [1.54, 1.807) is 30.3 Å². The van der Waals surface area contributed by atoms with Crippen LogP contribution in [-0.4, -0.2) is 27.1 Å². The van der Waals surface area contributed by atoms with E-state index in [9.17, 15) is 19.8 Å². The molecule has 0 aliphatic heterocycles. The number of aromatic carboxylic acids is 1. The van der Waals surface area contributed by atoms with Gasteiger partial charge in [-0.1, -0.05) is 12.1 Å². The van der Waals surface area contributed by atoms with Gasteiger partial charge in [-0.05, 0) is 35.9 Å². The lowest BCUT2D eigenvalue weighted by Gasteiger charge is -2.08. The van der Waals surface area contributed by atoms with Gasteiger partial charge in [0.25, 0.3) is 0 Å². The highest BCUT2D eigenvalue weighted by Crippen LogP contribution is 2.30. The summed E-state index contributed by atoms with van der Waals surface area (Å²) in [7, 11) is 0. The van der Waals surface area contributed by atoms with Gasteiger partial charge in [0, 0.05) is 22.7 Å². The molecule has 6 nitrogen and oxygen atoms in total. The number of primary amides is 1. The molecule has 3 aromatic rings. The topological polar surface area (TPSA) is 114 Å². The molecule has 2 aromatic carbocycles. The molecule has 6 heteroatoms. The maximum Gasteiger partial charge on any atom is 0.336 e. The summed E-state index contributed by atoms with van der Waals surface area (Å²) >= 11 is 0. The second-order valence-corrected chi connectivity index (χ2v) is 5.00. The third-order valence-electron chi connectivity index (χ3n) is 3.54. The monoisotopic (exact) mass is 308 g/mol. The zero-order valence-corrected chi connectivity index (χ0v) is 11.9. The standard InChI is InChI=1S/C17H12N2O4/c18-16(21)10-3-1-2-9(6-10)11-7-13-12(17(22)23)4-5-14(20)15(13)19-8-11/h1-8,20H,(H2,18,21)(H,22,23). The van der Waals surface area contributed by atoms with Gasteiger partial charge < -0.3 is 15.9 Å². The van der Waals surface area contributed by atoms with Crippen molar-refractivity contribution in [3.05, 3.63) is 59.8 Å². The highest BCUT2D eigenvalue weighted by Gasteiger charge is 2.13. The Morgan fingerprint density at radius 2 is 1.83 bits per heavy atom. The number of phenolic OH excluding ortho intramolecular Hbond substituents is 1. The molecule has 0 aliphatic carbocycles. The fourth-order valence-corrected chi connectivity index (χ4v) is 2.40. The summed E-state index contributed by atoms with van der Waals surface area (Å²) in [6.07, 6.45) is 1.51. The number of carbonyl (C=O) groups excluding carboxylic acids is 1. The number of phenols is 1. The summed E-state index contributed by atoms with van der Waals surface area (Å²) in [6, 6.07) is 10.9. The van der Waals surface area contributed by atoms with Crippen molar-refractivity contribution in [1.29, 1.82) is 0 Å². The van der Waals surface area contributed by atoms with Crippen LogP contribution < -0.4 is 5.73 Å². The molecule has 0 atom stereocenters. The Morgan fingerprint density at radius 3 is 2.52 bits per heavy atom. The van der Waals surface area contributed by atoms with Crippen LogP contribution in [-0.2, 0) is 0 Å². The number of nitrogens with two attached hydrogens (primary N) is 1. The highest BCUT2D eigenvalue weighted by molar-refractivity contribution is 6.05. The van der Waals surface area contributed by atoms with Gasteiger partial charge in [-0.3, -0.25) is 9.78 Å². The second-order valence-electron chi connectivity index (χ2n) is 5.00. The third kappa shape index (κ3) is 2.57. The van der Waals surface area contributed by atoms with Crippen molar-refractivity contribution in [1.82, 2.24) is 4.98 Å². The summed E-state index contributed by atoms with van der Waals surface area (Å²) in [6.45, 7) is 0. The number of benzene rings is 2. The SMILES string of the molecule is NC(=O)c1cccc(-c2cnc3c(O)ccc(C(=O)O)c3c2)c1. The van der Waals surface area contributed by atoms with E-state index >= 15 is 0 Å². The second kappa shape index (κ2) is 5.42. The van der Waals surface area contributed by atoms with Gasteiger partial charge in [0.05, 0.1) is 5.56 Å². The average Bonchev–Trinajstić information content (AvgIpc) is 2.54. The number of nitrogens with zero attached hydrogens (tertiary/aromatic N) is 1. The molecule has 0 unspecified atom stereocenters. The predicted octanol–water partition coefficient (Wildman–Crippen LogP) is 2.40. The molecule has 3 rings (SSSR count). The van der Waals surface area contributed by atoms with Crippen LogP contribution in [0.5, 0.6) is 5.75 Å². The van der Waals surface area contributed by atoms with Gasteiger partial charge in [0.1, 0.15) is 11.3 Å². The fourth-order valence-electron chi connectivity index (χ4n) is 2.40. The third-order valence-corrected chi connectivity index (χ3v) is 3.54. The number of carbonyl (C=O) groups is 2. The van der Waals surface area contributed by atoms with Crippen LogP contribution in [0.1, 0.15) is 20.7 Å². The molecule has 1 heterocycles. The Labute approximate surface area is 130 Å². The number of aromatic nitrogens is 1. The maximum absolute atomic E-state index is 11.3. The number of hydrogen-bond acceptors (Lipinski definition) is 4. The van der Waals surface area contributed by atoms with Crippen molar-refractivity contribution in [3.63, 3.8) is 0 Å². The number of amides is 1. The molecular weight excluding hydrogens is 296 g/mol. The normalized spacial score (nSPS) is 10.6.